The zero-order valence-corrected chi connectivity index (χ0v) is 30.9. The lowest BCUT2D eigenvalue weighted by Gasteiger charge is -2.35. The van der Waals surface area contributed by atoms with Crippen LogP contribution in [0.15, 0.2) is 48.8 Å². The minimum Gasteiger partial charge on any atom is -0.434 e. The molecule has 54 heavy (non-hydrogen) atoms. The SMILES string of the molecule is C/C(F)=c1/[nH]c(C)c/c1=C(/C)F.CC(=O)N1CCN(c2ccc(Nc3ncnc(Oc4cc(F)c5[nH]c(C)cc5c4F)c3C#N)cc2)CC1.CNC(C)=O. The van der Waals surface area contributed by atoms with E-state index in [0.717, 1.165) is 30.5 Å². The Morgan fingerprint density at radius 3 is 2.07 bits per heavy atom. The zero-order valence-electron chi connectivity index (χ0n) is 30.9. The Morgan fingerprint density at radius 1 is 0.907 bits per heavy atom. The van der Waals surface area contributed by atoms with Crippen LogP contribution in [0.25, 0.3) is 22.6 Å². The number of piperazine rings is 1. The largest absolute Gasteiger partial charge is 0.434 e. The molecule has 0 aliphatic carbocycles. The number of halogens is 4. The first kappa shape index (κ1) is 40.4. The number of benzene rings is 2. The lowest BCUT2D eigenvalue weighted by atomic mass is 10.2. The smallest absolute Gasteiger partial charge is 0.242 e. The summed E-state index contributed by atoms with van der Waals surface area (Å²) < 4.78 is 60.6. The van der Waals surface area contributed by atoms with Crippen LogP contribution >= 0.6 is 0 Å². The number of anilines is 3. The second-order valence-corrected chi connectivity index (χ2v) is 12.3. The van der Waals surface area contributed by atoms with E-state index in [9.17, 15) is 28.0 Å². The number of nitriles is 1. The number of fused-ring (bicyclic) bond motifs is 1. The fourth-order valence-electron chi connectivity index (χ4n) is 5.46. The van der Waals surface area contributed by atoms with Crippen LogP contribution in [0.2, 0.25) is 0 Å². The lowest BCUT2D eigenvalue weighted by molar-refractivity contribution is -0.129. The first-order valence-electron chi connectivity index (χ1n) is 16.8. The molecule has 3 aromatic heterocycles. The predicted octanol–water partition coefficient (Wildman–Crippen LogP) is 5.89. The van der Waals surface area contributed by atoms with E-state index in [1.54, 1.807) is 33.9 Å². The number of rotatable bonds is 5. The molecule has 12 nitrogen and oxygen atoms in total. The van der Waals surface area contributed by atoms with E-state index in [4.69, 9.17) is 4.74 Å². The summed E-state index contributed by atoms with van der Waals surface area (Å²) in [5, 5.41) is 15.8. The number of aryl methyl sites for hydroxylation is 2. The minimum atomic E-state index is -0.766. The second-order valence-electron chi connectivity index (χ2n) is 12.3. The highest BCUT2D eigenvalue weighted by Gasteiger charge is 2.21. The normalized spacial score (nSPS) is 13.4. The molecule has 16 heteroatoms. The Balaban J connectivity index is 0.000000317. The van der Waals surface area contributed by atoms with Crippen molar-refractivity contribution in [1.82, 2.24) is 30.2 Å². The topological polar surface area (TPSA) is 155 Å². The number of nitrogens with zero attached hydrogens (tertiary/aromatic N) is 5. The minimum absolute atomic E-state index is 0.00463. The van der Waals surface area contributed by atoms with Crippen LogP contribution in [0, 0.1) is 36.8 Å². The van der Waals surface area contributed by atoms with Gasteiger partial charge in [0.2, 0.25) is 17.7 Å². The molecule has 2 aromatic carbocycles. The van der Waals surface area contributed by atoms with Gasteiger partial charge in [-0.05, 0) is 64.1 Å². The highest BCUT2D eigenvalue weighted by atomic mass is 19.1. The van der Waals surface area contributed by atoms with Gasteiger partial charge in [-0.3, -0.25) is 9.59 Å². The van der Waals surface area contributed by atoms with Gasteiger partial charge >= 0.3 is 0 Å². The fraction of sp³-hybridized carbons (Fsp3) is 0.289. The summed E-state index contributed by atoms with van der Waals surface area (Å²) >= 11 is 0. The van der Waals surface area contributed by atoms with Gasteiger partial charge in [0.15, 0.2) is 28.8 Å². The van der Waals surface area contributed by atoms with Crippen molar-refractivity contribution in [2.24, 2.45) is 0 Å². The Hall–Kier alpha value is -6.37. The fourth-order valence-corrected chi connectivity index (χ4v) is 5.46. The molecule has 6 rings (SSSR count). The Kier molecular flexibility index (Phi) is 13.4. The zero-order chi connectivity index (χ0) is 39.7. The van der Waals surface area contributed by atoms with Gasteiger partial charge in [0.25, 0.3) is 0 Å². The number of carbonyl (C=O) groups is 2. The van der Waals surface area contributed by atoms with E-state index in [1.807, 2.05) is 35.2 Å². The van der Waals surface area contributed by atoms with Crippen molar-refractivity contribution in [2.75, 3.05) is 43.4 Å². The molecule has 4 N–H and O–H groups in total. The van der Waals surface area contributed by atoms with Crippen molar-refractivity contribution in [1.29, 1.82) is 5.26 Å². The van der Waals surface area contributed by atoms with Crippen LogP contribution in [-0.4, -0.2) is 69.9 Å². The van der Waals surface area contributed by atoms with Crippen LogP contribution < -0.4 is 30.8 Å². The molecule has 0 bridgehead atoms. The molecule has 0 radical (unpaired) electrons. The van der Waals surface area contributed by atoms with Crippen LogP contribution in [0.5, 0.6) is 11.6 Å². The Labute approximate surface area is 309 Å². The molecule has 1 aliphatic heterocycles. The van der Waals surface area contributed by atoms with Gasteiger partial charge in [0, 0.05) is 86.5 Å². The quantitative estimate of drug-likeness (QED) is 0.162. The number of amides is 2. The molecule has 0 spiro atoms. The molecule has 1 saturated heterocycles. The predicted molar refractivity (Wildman–Crippen MR) is 199 cm³/mol. The van der Waals surface area contributed by atoms with Crippen molar-refractivity contribution in [2.45, 2.75) is 41.5 Å². The van der Waals surface area contributed by atoms with E-state index in [1.165, 1.54) is 33.2 Å². The molecule has 1 aliphatic rings. The van der Waals surface area contributed by atoms with E-state index in [0.29, 0.717) is 29.7 Å². The van der Waals surface area contributed by atoms with Crippen LogP contribution in [0.1, 0.15) is 44.6 Å². The van der Waals surface area contributed by atoms with Gasteiger partial charge in [-0.1, -0.05) is 0 Å². The van der Waals surface area contributed by atoms with Crippen molar-refractivity contribution < 1.29 is 31.9 Å². The monoisotopic (exact) mass is 747 g/mol. The highest BCUT2D eigenvalue weighted by Crippen LogP contribution is 2.34. The molecule has 5 aromatic rings. The van der Waals surface area contributed by atoms with Gasteiger partial charge in [-0.25, -0.2) is 27.5 Å². The van der Waals surface area contributed by atoms with E-state index >= 15 is 4.39 Å². The highest BCUT2D eigenvalue weighted by molar-refractivity contribution is 5.83. The molecule has 0 saturated carbocycles. The number of ether oxygens (including phenoxy) is 1. The van der Waals surface area contributed by atoms with E-state index in [2.05, 4.69) is 35.5 Å². The lowest BCUT2D eigenvalue weighted by Crippen LogP contribution is -2.48. The van der Waals surface area contributed by atoms with Crippen molar-refractivity contribution in [3.05, 3.63) is 87.9 Å². The molecule has 2 amide bonds. The average molecular weight is 748 g/mol. The molecular formula is C38H41F4N9O3. The molecule has 284 valence electrons. The number of hydrogen-bond acceptors (Lipinski definition) is 8. The standard InChI is InChI=1S/C26H23F2N7O2.C9H11F2N.C3H7NO/c1-15-11-19-23(28)22(12-21(27)24(19)32-15)37-26-20(13-29)25(30-14-31-26)33-17-3-5-18(6-4-17)35-9-7-34(8-10-35)16(2)36;1-5-4-8(6(2)10)9(12-5)7(3)11;1-3(5)4-2/h3-6,11-12,14,32H,7-10H2,1-2H3,(H,30,31,33);4,12H,1-3H3;1-2H3,(H,4,5)/b;8-6+,9-7-;. The summed E-state index contributed by atoms with van der Waals surface area (Å²) in [6.45, 7) is 11.9. The summed E-state index contributed by atoms with van der Waals surface area (Å²) in [7, 11) is 1.60. The summed E-state index contributed by atoms with van der Waals surface area (Å²) in [5.41, 5.74) is 3.01. The maximum absolute atomic E-state index is 15.0. The Bertz CT molecular complexity index is 2260. The maximum Gasteiger partial charge on any atom is 0.242 e. The second kappa shape index (κ2) is 17.9. The van der Waals surface area contributed by atoms with Gasteiger partial charge in [0.05, 0.1) is 10.9 Å². The van der Waals surface area contributed by atoms with Gasteiger partial charge in [-0.2, -0.15) is 5.26 Å². The summed E-state index contributed by atoms with van der Waals surface area (Å²) in [6.07, 6.45) is 1.18. The average Bonchev–Trinajstić information content (AvgIpc) is 3.75. The van der Waals surface area contributed by atoms with Gasteiger partial charge < -0.3 is 35.1 Å². The molecule has 0 atom stereocenters. The van der Waals surface area contributed by atoms with Crippen LogP contribution in [0.4, 0.5) is 34.8 Å². The number of aromatic nitrogens is 4. The first-order valence-corrected chi connectivity index (χ1v) is 16.8. The first-order chi connectivity index (χ1) is 25.6. The summed E-state index contributed by atoms with van der Waals surface area (Å²) in [4.78, 5) is 38.9. The molecule has 1 fully saturated rings. The van der Waals surface area contributed by atoms with Crippen molar-refractivity contribution in [3.8, 4) is 17.7 Å². The number of H-pyrrole nitrogens is 2. The van der Waals surface area contributed by atoms with Gasteiger partial charge in [-0.15, -0.1) is 0 Å². The van der Waals surface area contributed by atoms with E-state index < -0.39 is 17.5 Å². The summed E-state index contributed by atoms with van der Waals surface area (Å²) in [5.74, 6) is -2.56. The number of aromatic amines is 2. The van der Waals surface area contributed by atoms with E-state index in [-0.39, 0.29) is 56.9 Å². The van der Waals surface area contributed by atoms with Crippen molar-refractivity contribution in [3.63, 3.8) is 0 Å². The third kappa shape index (κ3) is 9.94. The number of carbonyl (C=O) groups excluding carboxylic acids is 2. The molecular weight excluding hydrogens is 706 g/mol. The van der Waals surface area contributed by atoms with Crippen LogP contribution in [-0.2, 0) is 9.59 Å². The third-order valence-corrected chi connectivity index (χ3v) is 8.27. The maximum atomic E-state index is 15.0. The summed E-state index contributed by atoms with van der Waals surface area (Å²) in [6, 6.07) is 13.5. The molecule has 0 unspecified atom stereocenters. The number of nitrogens with one attached hydrogen (secondary N) is 4. The van der Waals surface area contributed by atoms with Crippen LogP contribution in [0.3, 0.4) is 0 Å². The Morgan fingerprint density at radius 2 is 1.54 bits per heavy atom. The van der Waals surface area contributed by atoms with Crippen molar-refractivity contribution >= 4 is 51.6 Å². The third-order valence-electron chi connectivity index (χ3n) is 8.27. The molecule has 4 heterocycles. The van der Waals surface area contributed by atoms with Gasteiger partial charge in [0.1, 0.15) is 24.1 Å². The number of hydrogen-bond donors (Lipinski definition) is 4.